The van der Waals surface area contributed by atoms with Gasteiger partial charge in [0.05, 0.1) is 7.11 Å². The number of fused-ring (bicyclic) bond motifs is 1. The third-order valence-electron chi connectivity index (χ3n) is 7.16. The highest BCUT2D eigenvalue weighted by molar-refractivity contribution is 6.31. The van der Waals surface area contributed by atoms with Crippen LogP contribution in [0.3, 0.4) is 0 Å². The van der Waals surface area contributed by atoms with E-state index in [0.29, 0.717) is 34.8 Å². The van der Waals surface area contributed by atoms with Crippen molar-refractivity contribution in [2.75, 3.05) is 19.0 Å². The quantitative estimate of drug-likeness (QED) is 0.136. The van der Waals surface area contributed by atoms with E-state index in [-0.39, 0.29) is 32.0 Å². The van der Waals surface area contributed by atoms with Gasteiger partial charge in [-0.3, -0.25) is 14.4 Å². The molecule has 1 atom stereocenters. The minimum absolute atomic E-state index is 0.0208. The predicted molar refractivity (Wildman–Crippen MR) is 168 cm³/mol. The Hall–Kier alpha value is -4.83. The number of para-hydroxylation sites is 2. The predicted octanol–water partition coefficient (Wildman–Crippen LogP) is 5.38. The summed E-state index contributed by atoms with van der Waals surface area (Å²) in [6.45, 7) is 0.234. The summed E-state index contributed by atoms with van der Waals surface area (Å²) in [6, 6.07) is 22.7. The highest BCUT2D eigenvalue weighted by Gasteiger charge is 2.24. The average Bonchev–Trinajstić information content (AvgIpc) is 3.37. The lowest BCUT2D eigenvalue weighted by Gasteiger charge is -2.20. The van der Waals surface area contributed by atoms with Gasteiger partial charge in [-0.1, -0.05) is 66.2 Å². The summed E-state index contributed by atoms with van der Waals surface area (Å²) in [5.41, 5.74) is 3.27. The maximum Gasteiger partial charge on any atom is 0.407 e. The molecule has 0 aliphatic carbocycles. The number of nitrogens with one attached hydrogen (secondary N) is 3. The molecule has 0 bridgehead atoms. The SMILES string of the molecule is COC(=O)CCc1ccccc1NC(=O)[C@H](CCCNC(=O)OCc1ccccc1Cl)NC(=O)c1cc2ccccc2n1C. The molecular weight excluding hydrogens is 584 g/mol. The molecule has 0 aliphatic rings. The molecule has 1 aromatic heterocycles. The van der Waals surface area contributed by atoms with E-state index in [1.54, 1.807) is 54.1 Å². The van der Waals surface area contributed by atoms with E-state index in [0.717, 1.165) is 16.5 Å². The van der Waals surface area contributed by atoms with Gasteiger partial charge >= 0.3 is 12.1 Å². The Balaban J connectivity index is 1.42. The van der Waals surface area contributed by atoms with E-state index in [2.05, 4.69) is 16.0 Å². The van der Waals surface area contributed by atoms with Gasteiger partial charge in [-0.2, -0.15) is 0 Å². The maximum absolute atomic E-state index is 13.6. The zero-order chi connectivity index (χ0) is 31.5. The third kappa shape index (κ3) is 8.61. The molecule has 0 saturated heterocycles. The molecule has 4 aromatic rings. The van der Waals surface area contributed by atoms with Gasteiger partial charge in [-0.25, -0.2) is 4.79 Å². The fraction of sp³-hybridized carbons (Fsp3) is 0.273. The van der Waals surface area contributed by atoms with Crippen LogP contribution in [-0.2, 0) is 39.1 Å². The van der Waals surface area contributed by atoms with E-state index in [1.165, 1.54) is 7.11 Å². The number of carbonyl (C=O) groups excluding carboxylic acids is 4. The van der Waals surface area contributed by atoms with Crippen molar-refractivity contribution in [1.82, 2.24) is 15.2 Å². The Labute approximate surface area is 260 Å². The summed E-state index contributed by atoms with van der Waals surface area (Å²) in [4.78, 5) is 50.9. The molecule has 0 unspecified atom stereocenters. The van der Waals surface area contributed by atoms with Gasteiger partial charge in [0.1, 0.15) is 18.3 Å². The van der Waals surface area contributed by atoms with Crippen LogP contribution in [-0.4, -0.2) is 48.1 Å². The van der Waals surface area contributed by atoms with Crippen LogP contribution in [0.2, 0.25) is 5.02 Å². The number of rotatable bonds is 13. The highest BCUT2D eigenvalue weighted by atomic mass is 35.5. The first-order valence-corrected chi connectivity index (χ1v) is 14.6. The molecule has 10 nitrogen and oxygen atoms in total. The van der Waals surface area contributed by atoms with Gasteiger partial charge in [0.25, 0.3) is 5.91 Å². The summed E-state index contributed by atoms with van der Waals surface area (Å²) >= 11 is 6.12. The molecule has 4 rings (SSSR count). The summed E-state index contributed by atoms with van der Waals surface area (Å²) in [5, 5.41) is 9.86. The number of amides is 3. The molecule has 3 aromatic carbocycles. The van der Waals surface area contributed by atoms with Crippen molar-refractivity contribution in [2.45, 2.75) is 38.3 Å². The number of ether oxygens (including phenoxy) is 2. The first kappa shape index (κ1) is 32.1. The van der Waals surface area contributed by atoms with Crippen LogP contribution in [0, 0.1) is 0 Å². The third-order valence-corrected chi connectivity index (χ3v) is 7.53. The van der Waals surface area contributed by atoms with Crippen molar-refractivity contribution in [3.05, 3.63) is 101 Å². The van der Waals surface area contributed by atoms with Crippen LogP contribution in [0.25, 0.3) is 10.9 Å². The normalized spacial score (nSPS) is 11.4. The smallest absolute Gasteiger partial charge is 0.407 e. The minimum Gasteiger partial charge on any atom is -0.469 e. The van der Waals surface area contributed by atoms with Crippen molar-refractivity contribution < 1.29 is 28.7 Å². The monoisotopic (exact) mass is 618 g/mol. The minimum atomic E-state index is -0.921. The van der Waals surface area contributed by atoms with Crippen LogP contribution in [0.1, 0.15) is 40.9 Å². The topological polar surface area (TPSA) is 128 Å². The van der Waals surface area contributed by atoms with Crippen LogP contribution in [0.4, 0.5) is 10.5 Å². The van der Waals surface area contributed by atoms with Gasteiger partial charge in [0.15, 0.2) is 0 Å². The van der Waals surface area contributed by atoms with E-state index in [9.17, 15) is 19.2 Å². The van der Waals surface area contributed by atoms with Crippen LogP contribution in [0.5, 0.6) is 0 Å². The van der Waals surface area contributed by atoms with E-state index in [1.807, 2.05) is 36.4 Å². The molecule has 44 heavy (non-hydrogen) atoms. The van der Waals surface area contributed by atoms with Crippen LogP contribution < -0.4 is 16.0 Å². The lowest BCUT2D eigenvalue weighted by molar-refractivity contribution is -0.140. The number of methoxy groups -OCH3 is 1. The molecule has 11 heteroatoms. The molecule has 3 N–H and O–H groups in total. The average molecular weight is 619 g/mol. The van der Waals surface area contributed by atoms with Gasteiger partial charge in [-0.05, 0) is 49.1 Å². The first-order chi connectivity index (χ1) is 21.3. The highest BCUT2D eigenvalue weighted by Crippen LogP contribution is 2.20. The van der Waals surface area contributed by atoms with Gasteiger partial charge in [-0.15, -0.1) is 0 Å². The van der Waals surface area contributed by atoms with E-state index >= 15 is 0 Å². The van der Waals surface area contributed by atoms with Crippen molar-refractivity contribution in [3.8, 4) is 0 Å². The number of hydrogen-bond acceptors (Lipinski definition) is 6. The van der Waals surface area contributed by atoms with Crippen molar-refractivity contribution in [1.29, 1.82) is 0 Å². The molecule has 1 heterocycles. The fourth-order valence-corrected chi connectivity index (χ4v) is 4.92. The van der Waals surface area contributed by atoms with Gasteiger partial charge in [0, 0.05) is 47.2 Å². The first-order valence-electron chi connectivity index (χ1n) is 14.2. The maximum atomic E-state index is 13.6. The van der Waals surface area contributed by atoms with Gasteiger partial charge < -0.3 is 30.0 Å². The number of halogens is 1. The Morgan fingerprint density at radius 3 is 2.39 bits per heavy atom. The van der Waals surface area contributed by atoms with Crippen molar-refractivity contribution in [3.63, 3.8) is 0 Å². The number of aromatic nitrogens is 1. The van der Waals surface area contributed by atoms with E-state index < -0.39 is 23.9 Å². The lowest BCUT2D eigenvalue weighted by Crippen LogP contribution is -2.44. The number of carbonyl (C=O) groups is 4. The Kier molecular flexibility index (Phi) is 11.4. The molecule has 0 aliphatic heterocycles. The van der Waals surface area contributed by atoms with Crippen molar-refractivity contribution in [2.24, 2.45) is 7.05 Å². The second kappa shape index (κ2) is 15.6. The summed E-state index contributed by atoms with van der Waals surface area (Å²) in [7, 11) is 3.12. The molecule has 0 fully saturated rings. The zero-order valence-electron chi connectivity index (χ0n) is 24.6. The van der Waals surface area contributed by atoms with Crippen LogP contribution in [0.15, 0.2) is 78.9 Å². The zero-order valence-corrected chi connectivity index (χ0v) is 25.4. The number of esters is 1. The largest absolute Gasteiger partial charge is 0.469 e. The number of anilines is 1. The molecular formula is C33H35ClN4O6. The summed E-state index contributed by atoms with van der Waals surface area (Å²) < 4.78 is 11.8. The van der Waals surface area contributed by atoms with E-state index in [4.69, 9.17) is 21.1 Å². The van der Waals surface area contributed by atoms with Crippen LogP contribution >= 0.6 is 11.6 Å². The second-order valence-corrected chi connectivity index (χ2v) is 10.5. The number of alkyl carbamates (subject to hydrolysis) is 1. The Morgan fingerprint density at radius 2 is 1.64 bits per heavy atom. The summed E-state index contributed by atoms with van der Waals surface area (Å²) in [6.07, 6.45) is 0.513. The molecule has 3 amide bonds. The number of aryl methyl sites for hydroxylation is 2. The molecule has 0 radical (unpaired) electrons. The molecule has 0 spiro atoms. The summed E-state index contributed by atoms with van der Waals surface area (Å²) in [5.74, 6) is -1.19. The van der Waals surface area contributed by atoms with Crippen molar-refractivity contribution >= 4 is 52.1 Å². The number of benzene rings is 3. The number of nitrogens with zero attached hydrogens (tertiary/aromatic N) is 1. The Morgan fingerprint density at radius 1 is 0.932 bits per heavy atom. The fourth-order valence-electron chi connectivity index (χ4n) is 4.73. The second-order valence-electron chi connectivity index (χ2n) is 10.1. The number of hydrogen-bond donors (Lipinski definition) is 3. The molecule has 230 valence electrons. The Bertz CT molecular complexity index is 1640. The lowest BCUT2D eigenvalue weighted by atomic mass is 10.1. The van der Waals surface area contributed by atoms with Gasteiger partial charge in [0.2, 0.25) is 5.91 Å². The standard InChI is InChI=1S/C33H35ClN4O6/c1-38-28-16-8-5-11-23(28)20-29(38)32(41)37-27(15-9-19-35-33(42)44-21-24-12-3-6-13-25(24)34)31(40)36-26-14-7-4-10-22(26)17-18-30(39)43-2/h3-8,10-14,16,20,27H,9,15,17-19,21H2,1-2H3,(H,35,42)(H,36,40)(H,37,41)/t27-/m0/s1. The molecule has 0 saturated carbocycles.